The van der Waals surface area contributed by atoms with Crippen molar-refractivity contribution in [2.75, 3.05) is 7.05 Å². The first kappa shape index (κ1) is 12.2. The molecular formula is C13H16N2OS. The summed E-state index contributed by atoms with van der Waals surface area (Å²) in [5, 5.41) is 3.14. The molecule has 2 aromatic rings. The van der Waals surface area contributed by atoms with Gasteiger partial charge in [-0.3, -0.25) is 4.98 Å². The molecule has 17 heavy (non-hydrogen) atoms. The zero-order valence-corrected chi connectivity index (χ0v) is 10.9. The van der Waals surface area contributed by atoms with Crippen LogP contribution in [-0.2, 0) is 12.3 Å². The molecule has 1 N–H and O–H groups in total. The fourth-order valence-electron chi connectivity index (χ4n) is 1.60. The Hall–Kier alpha value is -1.26. The lowest BCUT2D eigenvalue weighted by molar-refractivity contribution is 0.527. The number of pyridine rings is 1. The Morgan fingerprint density at radius 3 is 3.00 bits per heavy atom. The quantitative estimate of drug-likeness (QED) is 0.825. The van der Waals surface area contributed by atoms with Crippen LogP contribution < -0.4 is 5.32 Å². The van der Waals surface area contributed by atoms with E-state index >= 15 is 0 Å². The third kappa shape index (κ3) is 3.35. The number of furan rings is 1. The van der Waals surface area contributed by atoms with E-state index in [-0.39, 0.29) is 0 Å². The number of aryl methyl sites for hydroxylation is 1. The Morgan fingerprint density at radius 1 is 1.41 bits per heavy atom. The molecule has 0 saturated carbocycles. The summed E-state index contributed by atoms with van der Waals surface area (Å²) in [6, 6.07) is 6.17. The molecule has 2 rings (SSSR count). The average Bonchev–Trinajstić information content (AvgIpc) is 2.73. The van der Waals surface area contributed by atoms with Gasteiger partial charge in [-0.05, 0) is 37.7 Å². The normalized spacial score (nSPS) is 10.7. The minimum atomic E-state index is 0.873. The van der Waals surface area contributed by atoms with Gasteiger partial charge < -0.3 is 9.73 Å². The third-order valence-electron chi connectivity index (χ3n) is 2.45. The fourth-order valence-corrected chi connectivity index (χ4v) is 2.46. The zero-order chi connectivity index (χ0) is 12.1. The summed E-state index contributed by atoms with van der Waals surface area (Å²) in [6.45, 7) is 2.86. The number of aromatic nitrogens is 1. The molecule has 90 valence electrons. The van der Waals surface area contributed by atoms with Gasteiger partial charge in [-0.2, -0.15) is 0 Å². The van der Waals surface area contributed by atoms with Crippen molar-refractivity contribution >= 4 is 11.8 Å². The Kier molecular flexibility index (Phi) is 4.23. The van der Waals surface area contributed by atoms with Crippen molar-refractivity contribution in [2.24, 2.45) is 0 Å². The van der Waals surface area contributed by atoms with E-state index in [4.69, 9.17) is 4.42 Å². The van der Waals surface area contributed by atoms with Gasteiger partial charge in [-0.1, -0.05) is 0 Å². The number of rotatable bonds is 5. The second-order valence-electron chi connectivity index (χ2n) is 3.82. The monoisotopic (exact) mass is 248 g/mol. The summed E-state index contributed by atoms with van der Waals surface area (Å²) in [6.07, 6.45) is 3.59. The van der Waals surface area contributed by atoms with Crippen molar-refractivity contribution in [3.05, 3.63) is 47.7 Å². The fraction of sp³-hybridized carbons (Fsp3) is 0.308. The molecule has 0 aromatic carbocycles. The minimum absolute atomic E-state index is 0.873. The first-order valence-corrected chi connectivity index (χ1v) is 6.53. The first-order valence-electron chi connectivity index (χ1n) is 5.55. The van der Waals surface area contributed by atoms with Gasteiger partial charge in [0.2, 0.25) is 0 Å². The lowest BCUT2D eigenvalue weighted by Gasteiger charge is -2.03. The maximum absolute atomic E-state index is 5.26. The topological polar surface area (TPSA) is 38.1 Å². The van der Waals surface area contributed by atoms with E-state index in [1.807, 2.05) is 32.3 Å². The van der Waals surface area contributed by atoms with Crippen molar-refractivity contribution in [1.29, 1.82) is 0 Å². The van der Waals surface area contributed by atoms with E-state index in [0.29, 0.717) is 0 Å². The van der Waals surface area contributed by atoms with Gasteiger partial charge in [-0.15, -0.1) is 11.8 Å². The number of hydrogen-bond donors (Lipinski definition) is 1. The van der Waals surface area contributed by atoms with E-state index in [2.05, 4.69) is 16.4 Å². The van der Waals surface area contributed by atoms with Crippen molar-refractivity contribution in [1.82, 2.24) is 10.3 Å². The SMILES string of the molecule is CNCc1ccnc(CSc2ccoc2C)c1. The zero-order valence-electron chi connectivity index (χ0n) is 10.1. The van der Waals surface area contributed by atoms with E-state index in [1.54, 1.807) is 18.0 Å². The molecule has 0 aliphatic carbocycles. The van der Waals surface area contributed by atoms with Crippen LogP contribution in [0.2, 0.25) is 0 Å². The molecule has 0 atom stereocenters. The molecule has 0 amide bonds. The molecule has 4 heteroatoms. The highest BCUT2D eigenvalue weighted by Gasteiger charge is 2.03. The molecule has 0 bridgehead atoms. The standard InChI is InChI=1S/C13H16N2OS/c1-10-13(4-6-16-10)17-9-12-7-11(8-14-2)3-5-15-12/h3-7,14H,8-9H2,1-2H3. The first-order chi connectivity index (χ1) is 8.29. The van der Waals surface area contributed by atoms with Gasteiger partial charge in [-0.25, -0.2) is 0 Å². The molecule has 3 nitrogen and oxygen atoms in total. The molecule has 0 saturated heterocycles. The van der Waals surface area contributed by atoms with Crippen molar-refractivity contribution in [2.45, 2.75) is 24.1 Å². The Labute approximate surface area is 106 Å². The highest BCUT2D eigenvalue weighted by atomic mass is 32.2. The van der Waals surface area contributed by atoms with Crippen molar-refractivity contribution in [3.8, 4) is 0 Å². The molecule has 0 aliphatic rings. The highest BCUT2D eigenvalue weighted by Crippen LogP contribution is 2.26. The Morgan fingerprint density at radius 2 is 2.29 bits per heavy atom. The predicted octanol–water partition coefficient (Wildman–Crippen LogP) is 2.99. The number of nitrogens with one attached hydrogen (secondary N) is 1. The van der Waals surface area contributed by atoms with Crippen LogP contribution >= 0.6 is 11.8 Å². The van der Waals surface area contributed by atoms with Crippen LogP contribution in [0.1, 0.15) is 17.0 Å². The molecule has 0 unspecified atom stereocenters. The lowest BCUT2D eigenvalue weighted by Crippen LogP contribution is -2.05. The second kappa shape index (κ2) is 5.89. The van der Waals surface area contributed by atoms with Gasteiger partial charge in [0.05, 0.1) is 12.0 Å². The summed E-state index contributed by atoms with van der Waals surface area (Å²) in [5.41, 5.74) is 2.37. The van der Waals surface area contributed by atoms with E-state index < -0.39 is 0 Å². The van der Waals surface area contributed by atoms with Crippen LogP contribution in [0, 0.1) is 6.92 Å². The minimum Gasteiger partial charge on any atom is -0.468 e. The van der Waals surface area contributed by atoms with Gasteiger partial charge in [0.1, 0.15) is 5.76 Å². The number of hydrogen-bond acceptors (Lipinski definition) is 4. The van der Waals surface area contributed by atoms with Crippen molar-refractivity contribution < 1.29 is 4.42 Å². The van der Waals surface area contributed by atoms with Gasteiger partial charge in [0.25, 0.3) is 0 Å². The smallest absolute Gasteiger partial charge is 0.114 e. The summed E-state index contributed by atoms with van der Waals surface area (Å²) >= 11 is 1.76. The molecule has 0 aliphatic heterocycles. The van der Waals surface area contributed by atoms with Crippen LogP contribution in [0.3, 0.4) is 0 Å². The largest absolute Gasteiger partial charge is 0.468 e. The molecular weight excluding hydrogens is 232 g/mol. The highest BCUT2D eigenvalue weighted by molar-refractivity contribution is 7.98. The van der Waals surface area contributed by atoms with E-state index in [0.717, 1.165) is 23.8 Å². The van der Waals surface area contributed by atoms with Crippen molar-refractivity contribution in [3.63, 3.8) is 0 Å². The van der Waals surface area contributed by atoms with Gasteiger partial charge >= 0.3 is 0 Å². The van der Waals surface area contributed by atoms with Crippen LogP contribution in [0.5, 0.6) is 0 Å². The molecule has 0 fully saturated rings. The molecule has 2 heterocycles. The summed E-state index contributed by atoms with van der Waals surface area (Å²) in [4.78, 5) is 5.56. The summed E-state index contributed by atoms with van der Waals surface area (Å²) in [5.74, 6) is 1.85. The maximum Gasteiger partial charge on any atom is 0.114 e. The van der Waals surface area contributed by atoms with E-state index in [1.165, 1.54) is 10.5 Å². The second-order valence-corrected chi connectivity index (χ2v) is 4.83. The van der Waals surface area contributed by atoms with Gasteiger partial charge in [0, 0.05) is 23.4 Å². The molecule has 0 spiro atoms. The van der Waals surface area contributed by atoms with E-state index in [9.17, 15) is 0 Å². The number of nitrogens with zero attached hydrogens (tertiary/aromatic N) is 1. The number of thioether (sulfide) groups is 1. The average molecular weight is 248 g/mol. The predicted molar refractivity (Wildman–Crippen MR) is 70.0 cm³/mol. The summed E-state index contributed by atoms with van der Waals surface area (Å²) in [7, 11) is 1.95. The molecule has 2 aromatic heterocycles. The van der Waals surface area contributed by atoms with Crippen LogP contribution in [-0.4, -0.2) is 12.0 Å². The third-order valence-corrected chi connectivity index (χ3v) is 3.62. The Balaban J connectivity index is 1.99. The summed E-state index contributed by atoms with van der Waals surface area (Å²) < 4.78 is 5.26. The Bertz CT molecular complexity index is 482. The van der Waals surface area contributed by atoms with Crippen LogP contribution in [0.25, 0.3) is 0 Å². The van der Waals surface area contributed by atoms with Gasteiger partial charge in [0.15, 0.2) is 0 Å². The lowest BCUT2D eigenvalue weighted by atomic mass is 10.2. The molecule has 0 radical (unpaired) electrons. The van der Waals surface area contributed by atoms with Crippen LogP contribution in [0.15, 0.2) is 40.0 Å². The van der Waals surface area contributed by atoms with Crippen LogP contribution in [0.4, 0.5) is 0 Å². The maximum atomic E-state index is 5.26.